The second kappa shape index (κ2) is 6.18. The van der Waals surface area contributed by atoms with Crippen LogP contribution in [0.4, 0.5) is 5.95 Å². The van der Waals surface area contributed by atoms with Gasteiger partial charge in [0.1, 0.15) is 0 Å². The van der Waals surface area contributed by atoms with Gasteiger partial charge in [-0.1, -0.05) is 60.7 Å². The van der Waals surface area contributed by atoms with Crippen LogP contribution in [-0.2, 0) is 6.54 Å². The van der Waals surface area contributed by atoms with Crippen LogP contribution in [0.1, 0.15) is 5.56 Å². The smallest absolute Gasteiger partial charge is 0.225 e. The maximum atomic E-state index is 4.65. The lowest BCUT2D eigenvalue weighted by Crippen LogP contribution is -2.19. The lowest BCUT2D eigenvalue weighted by Gasteiger charge is -2.17. The Kier molecular flexibility index (Phi) is 3.92. The van der Waals surface area contributed by atoms with Crippen LogP contribution in [0.2, 0.25) is 0 Å². The fourth-order valence-corrected chi connectivity index (χ4v) is 2.23. The van der Waals surface area contributed by atoms with Crippen LogP contribution in [0, 0.1) is 0 Å². The molecule has 0 aliphatic carbocycles. The normalized spacial score (nSPS) is 10.3. The Morgan fingerprint density at radius 3 is 2.24 bits per heavy atom. The minimum Gasteiger partial charge on any atom is -0.340 e. The SMILES string of the molecule is CN(Cc1ccccc1)c1nccc(-c2ccccc2)n1. The van der Waals surface area contributed by atoms with Gasteiger partial charge in [-0.2, -0.15) is 0 Å². The number of aromatic nitrogens is 2. The molecule has 0 saturated carbocycles. The minimum atomic E-state index is 0.736. The summed E-state index contributed by atoms with van der Waals surface area (Å²) in [6, 6.07) is 22.4. The van der Waals surface area contributed by atoms with E-state index in [0.29, 0.717) is 0 Å². The zero-order chi connectivity index (χ0) is 14.5. The standard InChI is InChI=1S/C18H17N3/c1-21(14-15-8-4-2-5-9-15)18-19-13-12-17(20-18)16-10-6-3-7-11-16/h2-13H,14H2,1H3. The summed E-state index contributed by atoms with van der Waals surface area (Å²) in [4.78, 5) is 11.1. The van der Waals surface area contributed by atoms with E-state index >= 15 is 0 Å². The van der Waals surface area contributed by atoms with Gasteiger partial charge in [0.25, 0.3) is 0 Å². The molecule has 0 saturated heterocycles. The molecule has 0 bridgehead atoms. The summed E-state index contributed by atoms with van der Waals surface area (Å²) in [7, 11) is 2.01. The quantitative estimate of drug-likeness (QED) is 0.725. The van der Waals surface area contributed by atoms with Gasteiger partial charge in [0.15, 0.2) is 0 Å². The first-order valence-electron chi connectivity index (χ1n) is 6.96. The van der Waals surface area contributed by atoms with Gasteiger partial charge in [0.05, 0.1) is 5.69 Å². The van der Waals surface area contributed by atoms with Crippen molar-refractivity contribution in [3.8, 4) is 11.3 Å². The zero-order valence-electron chi connectivity index (χ0n) is 12.0. The van der Waals surface area contributed by atoms with Crippen molar-refractivity contribution in [3.63, 3.8) is 0 Å². The summed E-state index contributed by atoms with van der Waals surface area (Å²) in [5, 5.41) is 0. The average Bonchev–Trinajstić information content (AvgIpc) is 2.57. The first-order chi connectivity index (χ1) is 10.3. The Morgan fingerprint density at radius 2 is 1.52 bits per heavy atom. The van der Waals surface area contributed by atoms with E-state index in [1.807, 2.05) is 55.7 Å². The molecule has 0 aliphatic heterocycles. The molecular formula is C18H17N3. The van der Waals surface area contributed by atoms with Crippen LogP contribution in [-0.4, -0.2) is 17.0 Å². The van der Waals surface area contributed by atoms with E-state index in [2.05, 4.69) is 39.1 Å². The van der Waals surface area contributed by atoms with E-state index in [0.717, 1.165) is 23.8 Å². The van der Waals surface area contributed by atoms with Crippen molar-refractivity contribution in [2.75, 3.05) is 11.9 Å². The van der Waals surface area contributed by atoms with Gasteiger partial charge in [-0.05, 0) is 11.6 Å². The highest BCUT2D eigenvalue weighted by Crippen LogP contribution is 2.18. The number of nitrogens with zero attached hydrogens (tertiary/aromatic N) is 3. The van der Waals surface area contributed by atoms with Crippen molar-refractivity contribution in [2.45, 2.75) is 6.54 Å². The molecule has 0 spiro atoms. The molecule has 0 aliphatic rings. The summed E-state index contributed by atoms with van der Waals surface area (Å²) in [5.74, 6) is 0.736. The first-order valence-corrected chi connectivity index (χ1v) is 6.96. The summed E-state index contributed by atoms with van der Waals surface area (Å²) in [6.07, 6.45) is 1.81. The van der Waals surface area contributed by atoms with Crippen molar-refractivity contribution in [3.05, 3.63) is 78.5 Å². The van der Waals surface area contributed by atoms with Gasteiger partial charge in [-0.3, -0.25) is 0 Å². The molecule has 104 valence electrons. The molecule has 3 heteroatoms. The second-order valence-corrected chi connectivity index (χ2v) is 4.95. The third-order valence-electron chi connectivity index (χ3n) is 3.32. The van der Waals surface area contributed by atoms with Crippen LogP contribution in [0.25, 0.3) is 11.3 Å². The predicted octanol–water partition coefficient (Wildman–Crippen LogP) is 3.78. The lowest BCUT2D eigenvalue weighted by atomic mass is 10.1. The van der Waals surface area contributed by atoms with Crippen LogP contribution in [0.3, 0.4) is 0 Å². The van der Waals surface area contributed by atoms with Crippen LogP contribution < -0.4 is 4.90 Å². The Morgan fingerprint density at radius 1 is 0.857 bits per heavy atom. The van der Waals surface area contributed by atoms with Crippen molar-refractivity contribution >= 4 is 5.95 Å². The van der Waals surface area contributed by atoms with Gasteiger partial charge in [0.2, 0.25) is 5.95 Å². The summed E-state index contributed by atoms with van der Waals surface area (Å²) in [5.41, 5.74) is 3.29. The molecule has 3 nitrogen and oxygen atoms in total. The number of benzene rings is 2. The van der Waals surface area contributed by atoms with Crippen molar-refractivity contribution in [1.82, 2.24) is 9.97 Å². The fourth-order valence-electron chi connectivity index (χ4n) is 2.23. The van der Waals surface area contributed by atoms with Gasteiger partial charge < -0.3 is 4.90 Å². The van der Waals surface area contributed by atoms with E-state index in [-0.39, 0.29) is 0 Å². The van der Waals surface area contributed by atoms with Crippen molar-refractivity contribution in [1.29, 1.82) is 0 Å². The summed E-state index contributed by atoms with van der Waals surface area (Å²) >= 11 is 0. The molecule has 1 heterocycles. The molecular weight excluding hydrogens is 258 g/mol. The van der Waals surface area contributed by atoms with Gasteiger partial charge >= 0.3 is 0 Å². The Balaban J connectivity index is 1.83. The predicted molar refractivity (Wildman–Crippen MR) is 86.0 cm³/mol. The molecule has 0 unspecified atom stereocenters. The Hall–Kier alpha value is -2.68. The molecule has 2 aromatic carbocycles. The topological polar surface area (TPSA) is 29.0 Å². The molecule has 1 aromatic heterocycles. The van der Waals surface area contributed by atoms with Gasteiger partial charge in [0, 0.05) is 25.4 Å². The first kappa shape index (κ1) is 13.3. The molecule has 0 amide bonds. The Labute approximate surface area is 124 Å². The molecule has 0 fully saturated rings. The van der Waals surface area contributed by atoms with Crippen LogP contribution in [0.5, 0.6) is 0 Å². The van der Waals surface area contributed by atoms with Crippen molar-refractivity contribution < 1.29 is 0 Å². The van der Waals surface area contributed by atoms with Gasteiger partial charge in [-0.25, -0.2) is 9.97 Å². The highest BCUT2D eigenvalue weighted by molar-refractivity contribution is 5.59. The monoisotopic (exact) mass is 275 g/mol. The lowest BCUT2D eigenvalue weighted by molar-refractivity contribution is 0.868. The third-order valence-corrected chi connectivity index (χ3v) is 3.32. The molecule has 0 N–H and O–H groups in total. The second-order valence-electron chi connectivity index (χ2n) is 4.95. The highest BCUT2D eigenvalue weighted by Gasteiger charge is 2.07. The summed E-state index contributed by atoms with van der Waals surface area (Å²) in [6.45, 7) is 0.791. The largest absolute Gasteiger partial charge is 0.340 e. The van der Waals surface area contributed by atoms with Crippen LogP contribution in [0.15, 0.2) is 72.9 Å². The fraction of sp³-hybridized carbons (Fsp3) is 0.111. The molecule has 21 heavy (non-hydrogen) atoms. The highest BCUT2D eigenvalue weighted by atomic mass is 15.2. The van der Waals surface area contributed by atoms with E-state index in [9.17, 15) is 0 Å². The number of rotatable bonds is 4. The Bertz CT molecular complexity index is 696. The number of hydrogen-bond acceptors (Lipinski definition) is 3. The zero-order valence-corrected chi connectivity index (χ0v) is 12.0. The van der Waals surface area contributed by atoms with E-state index in [4.69, 9.17) is 0 Å². The molecule has 0 atom stereocenters. The molecule has 3 rings (SSSR count). The van der Waals surface area contributed by atoms with Crippen LogP contribution >= 0.6 is 0 Å². The van der Waals surface area contributed by atoms with E-state index in [1.54, 1.807) is 0 Å². The maximum absolute atomic E-state index is 4.65. The number of anilines is 1. The summed E-state index contributed by atoms with van der Waals surface area (Å²) < 4.78 is 0. The third kappa shape index (κ3) is 3.26. The number of hydrogen-bond donors (Lipinski definition) is 0. The van der Waals surface area contributed by atoms with E-state index < -0.39 is 0 Å². The van der Waals surface area contributed by atoms with Gasteiger partial charge in [-0.15, -0.1) is 0 Å². The minimum absolute atomic E-state index is 0.736. The van der Waals surface area contributed by atoms with E-state index in [1.165, 1.54) is 5.56 Å². The van der Waals surface area contributed by atoms with Crippen molar-refractivity contribution in [2.24, 2.45) is 0 Å². The maximum Gasteiger partial charge on any atom is 0.225 e. The average molecular weight is 275 g/mol. The molecule has 0 radical (unpaired) electrons. The molecule has 3 aromatic rings.